The largest absolute Gasteiger partial charge is 0.489 e. The molecule has 1 aliphatic rings. The summed E-state index contributed by atoms with van der Waals surface area (Å²) >= 11 is 0. The highest BCUT2D eigenvalue weighted by molar-refractivity contribution is 6.02. The highest BCUT2D eigenvalue weighted by Crippen LogP contribution is 2.47. The molecule has 1 aliphatic heterocycles. The molecule has 6 rings (SSSR count). The summed E-state index contributed by atoms with van der Waals surface area (Å²) in [4.78, 5) is 42.4. The molecule has 4 heterocycles. The van der Waals surface area contributed by atoms with Crippen molar-refractivity contribution in [1.29, 1.82) is 0 Å². The molecule has 11 nitrogen and oxygen atoms in total. The van der Waals surface area contributed by atoms with Crippen molar-refractivity contribution in [3.63, 3.8) is 0 Å². The number of primary amides is 1. The fourth-order valence-electron chi connectivity index (χ4n) is 5.17. The molecule has 0 spiro atoms. The Labute approximate surface area is 263 Å². The van der Waals surface area contributed by atoms with Gasteiger partial charge in [-0.05, 0) is 55.5 Å². The number of hydrogen-bond donors (Lipinski definition) is 4. The van der Waals surface area contributed by atoms with Gasteiger partial charge in [-0.2, -0.15) is 13.2 Å². The Hall–Kier alpha value is -5.70. The number of aliphatic hydroxyl groups is 1. The molecule has 1 unspecified atom stereocenters. The molecule has 240 valence electrons. The second-order valence-electron chi connectivity index (χ2n) is 11.1. The number of nitrogens with two attached hydrogens (primary N) is 1. The standard InChI is InChI=1S/C32H25F4N7O4/c1-30(29(37)45)16-47-27-21(30)13-23(43-26(27)17-4-6-20(33)7-5-17)31(46,32(34,35)36)15-41-28(44)19-11-18-3-2-8-40-25(18)22(12-19)42-24-14-38-9-10-39-24/h2-14,46H,15-16H2,1H3,(H2,37,45)(H,39,42)(H,41,44)/t30-,31?/m0/s1. The number of amides is 2. The number of ether oxygens (including phenoxy) is 1. The van der Waals surface area contributed by atoms with Crippen LogP contribution in [0.1, 0.15) is 28.5 Å². The molecular weight excluding hydrogens is 622 g/mol. The summed E-state index contributed by atoms with van der Waals surface area (Å²) in [7, 11) is 0. The molecule has 0 bridgehead atoms. The minimum Gasteiger partial charge on any atom is -0.489 e. The van der Waals surface area contributed by atoms with Crippen molar-refractivity contribution >= 4 is 34.2 Å². The number of pyridine rings is 2. The Balaban J connectivity index is 1.40. The Bertz CT molecular complexity index is 2010. The number of anilines is 2. The topological polar surface area (TPSA) is 165 Å². The number of alkyl halides is 3. The third-order valence-corrected chi connectivity index (χ3v) is 7.92. The molecule has 15 heteroatoms. The van der Waals surface area contributed by atoms with Gasteiger partial charge in [-0.15, -0.1) is 0 Å². The molecule has 0 fully saturated rings. The van der Waals surface area contributed by atoms with Gasteiger partial charge in [-0.3, -0.25) is 19.6 Å². The van der Waals surface area contributed by atoms with Gasteiger partial charge in [-0.1, -0.05) is 6.07 Å². The van der Waals surface area contributed by atoms with E-state index in [0.29, 0.717) is 22.4 Å². The molecule has 0 saturated heterocycles. The minimum absolute atomic E-state index is 0.0388. The summed E-state index contributed by atoms with van der Waals surface area (Å²) in [6, 6.07) is 11.7. The average Bonchev–Trinajstić information content (AvgIpc) is 3.41. The number of aromatic nitrogens is 4. The van der Waals surface area contributed by atoms with Crippen LogP contribution in [0.4, 0.5) is 29.1 Å². The van der Waals surface area contributed by atoms with Crippen molar-refractivity contribution in [1.82, 2.24) is 25.3 Å². The predicted molar refractivity (Wildman–Crippen MR) is 161 cm³/mol. The van der Waals surface area contributed by atoms with E-state index in [9.17, 15) is 32.3 Å². The smallest absolute Gasteiger partial charge is 0.424 e. The van der Waals surface area contributed by atoms with Crippen LogP contribution >= 0.6 is 0 Å². The van der Waals surface area contributed by atoms with Crippen molar-refractivity contribution in [3.05, 3.63) is 102 Å². The van der Waals surface area contributed by atoms with Gasteiger partial charge in [0.2, 0.25) is 11.5 Å². The van der Waals surface area contributed by atoms with Gasteiger partial charge in [0.05, 0.1) is 29.6 Å². The van der Waals surface area contributed by atoms with E-state index in [2.05, 4.69) is 30.6 Å². The van der Waals surface area contributed by atoms with Gasteiger partial charge >= 0.3 is 6.18 Å². The summed E-state index contributed by atoms with van der Waals surface area (Å²) in [6.45, 7) is -0.287. The van der Waals surface area contributed by atoms with Crippen molar-refractivity contribution in [3.8, 4) is 17.0 Å². The van der Waals surface area contributed by atoms with Crippen LogP contribution in [0.15, 0.2) is 79.4 Å². The molecule has 0 radical (unpaired) electrons. The first-order valence-corrected chi connectivity index (χ1v) is 14.0. The van der Waals surface area contributed by atoms with E-state index in [1.165, 1.54) is 56.0 Å². The van der Waals surface area contributed by atoms with E-state index in [1.54, 1.807) is 12.1 Å². The maximum absolute atomic E-state index is 14.8. The van der Waals surface area contributed by atoms with Crippen LogP contribution in [-0.2, 0) is 15.8 Å². The number of halogens is 4. The van der Waals surface area contributed by atoms with Crippen LogP contribution in [0.3, 0.4) is 0 Å². The number of rotatable bonds is 8. The lowest BCUT2D eigenvalue weighted by Gasteiger charge is -2.31. The third-order valence-electron chi connectivity index (χ3n) is 7.92. The molecule has 0 saturated carbocycles. The number of hydrogen-bond acceptors (Lipinski definition) is 9. The number of nitrogens with one attached hydrogen (secondary N) is 2. The third kappa shape index (κ3) is 5.65. The van der Waals surface area contributed by atoms with E-state index in [1.807, 2.05) is 0 Å². The van der Waals surface area contributed by atoms with Crippen LogP contribution in [0.25, 0.3) is 22.2 Å². The zero-order valence-electron chi connectivity index (χ0n) is 24.5. The fraction of sp³-hybridized carbons (Fsp3) is 0.188. The van der Waals surface area contributed by atoms with Gasteiger partial charge < -0.3 is 26.2 Å². The van der Waals surface area contributed by atoms with Crippen molar-refractivity contribution in [2.75, 3.05) is 18.5 Å². The van der Waals surface area contributed by atoms with E-state index < -0.39 is 47.1 Å². The van der Waals surface area contributed by atoms with E-state index >= 15 is 0 Å². The number of nitrogens with zero attached hydrogens (tertiary/aromatic N) is 4. The van der Waals surface area contributed by atoms with Gasteiger partial charge in [0.1, 0.15) is 35.1 Å². The summed E-state index contributed by atoms with van der Waals surface area (Å²) < 4.78 is 63.8. The van der Waals surface area contributed by atoms with Crippen molar-refractivity contribution < 1.29 is 37.0 Å². The predicted octanol–water partition coefficient (Wildman–Crippen LogP) is 4.28. The number of fused-ring (bicyclic) bond motifs is 2. The van der Waals surface area contributed by atoms with Crippen LogP contribution in [0.5, 0.6) is 5.75 Å². The van der Waals surface area contributed by atoms with Gasteiger partial charge in [0.25, 0.3) is 5.91 Å². The van der Waals surface area contributed by atoms with Gasteiger partial charge in [0, 0.05) is 40.7 Å². The second-order valence-corrected chi connectivity index (χ2v) is 11.1. The summed E-state index contributed by atoms with van der Waals surface area (Å²) in [5.74, 6) is -2.17. The lowest BCUT2D eigenvalue weighted by atomic mass is 9.81. The molecule has 2 aromatic carbocycles. The quantitative estimate of drug-likeness (QED) is 0.180. The maximum atomic E-state index is 14.8. The van der Waals surface area contributed by atoms with Crippen LogP contribution in [0, 0.1) is 5.82 Å². The number of benzene rings is 2. The maximum Gasteiger partial charge on any atom is 0.424 e. The molecule has 5 N–H and O–H groups in total. The minimum atomic E-state index is -5.38. The second kappa shape index (κ2) is 11.6. The summed E-state index contributed by atoms with van der Waals surface area (Å²) in [6.07, 6.45) is 0.497. The molecular formula is C32H25F4N7O4. The summed E-state index contributed by atoms with van der Waals surface area (Å²) in [5.41, 5.74) is -0.00505. The Morgan fingerprint density at radius 3 is 2.51 bits per heavy atom. The zero-order chi connectivity index (χ0) is 33.6. The first kappa shape index (κ1) is 31.3. The Morgan fingerprint density at radius 1 is 1.06 bits per heavy atom. The zero-order valence-corrected chi connectivity index (χ0v) is 24.5. The van der Waals surface area contributed by atoms with Crippen molar-refractivity contribution in [2.24, 2.45) is 5.73 Å². The Kier molecular flexibility index (Phi) is 7.71. The van der Waals surface area contributed by atoms with Crippen LogP contribution < -0.4 is 21.1 Å². The van der Waals surface area contributed by atoms with Crippen LogP contribution in [0.2, 0.25) is 0 Å². The first-order valence-electron chi connectivity index (χ1n) is 14.0. The summed E-state index contributed by atoms with van der Waals surface area (Å²) in [5, 5.41) is 17.0. The number of carbonyl (C=O) groups excluding carboxylic acids is 2. The lowest BCUT2D eigenvalue weighted by molar-refractivity contribution is -0.265. The molecule has 5 aromatic rings. The van der Waals surface area contributed by atoms with Gasteiger partial charge in [0.15, 0.2) is 0 Å². The van der Waals surface area contributed by atoms with Gasteiger partial charge in [-0.25, -0.2) is 14.4 Å². The molecule has 2 atom stereocenters. The van der Waals surface area contributed by atoms with E-state index in [4.69, 9.17) is 10.5 Å². The highest BCUT2D eigenvalue weighted by atomic mass is 19.4. The van der Waals surface area contributed by atoms with E-state index in [0.717, 1.165) is 18.2 Å². The first-order chi connectivity index (χ1) is 22.3. The molecule has 0 aliphatic carbocycles. The fourth-order valence-corrected chi connectivity index (χ4v) is 5.17. The van der Waals surface area contributed by atoms with Crippen LogP contribution in [-0.4, -0.2) is 56.2 Å². The normalized spacial score (nSPS) is 17.0. The lowest BCUT2D eigenvalue weighted by Crippen LogP contribution is -2.51. The Morgan fingerprint density at radius 2 is 1.83 bits per heavy atom. The monoisotopic (exact) mass is 647 g/mol. The van der Waals surface area contributed by atoms with Crippen molar-refractivity contribution in [2.45, 2.75) is 24.1 Å². The van der Waals surface area contributed by atoms with E-state index in [-0.39, 0.29) is 34.7 Å². The number of carbonyl (C=O) groups is 2. The average molecular weight is 648 g/mol. The molecule has 3 aromatic heterocycles. The SMILES string of the molecule is C[C@]1(C(N)=O)COc2c1cc(C(O)(CNC(=O)c1cc(Nc3cnccn3)c3ncccc3c1)C(F)(F)F)nc2-c1ccc(F)cc1. The highest BCUT2D eigenvalue weighted by Gasteiger charge is 2.57. The molecule has 2 amide bonds. The molecule has 47 heavy (non-hydrogen) atoms.